The number of piperazine rings is 1. The largest absolute Gasteiger partial charge is 0.482 e. The van der Waals surface area contributed by atoms with Crippen molar-refractivity contribution in [2.75, 3.05) is 31.6 Å². The fourth-order valence-corrected chi connectivity index (χ4v) is 2.52. The highest BCUT2D eigenvalue weighted by Crippen LogP contribution is 2.29. The normalized spacial score (nSPS) is 20.7. The van der Waals surface area contributed by atoms with Gasteiger partial charge in [0.2, 0.25) is 0 Å². The summed E-state index contributed by atoms with van der Waals surface area (Å²) >= 11 is 0. The number of benzene rings is 1. The van der Waals surface area contributed by atoms with Crippen LogP contribution in [0.5, 0.6) is 5.75 Å². The van der Waals surface area contributed by atoms with Crippen molar-refractivity contribution in [2.45, 2.75) is 13.0 Å². The minimum absolute atomic E-state index is 0. The lowest BCUT2D eigenvalue weighted by atomic mass is 10.1. The molecule has 3 rings (SSSR count). The van der Waals surface area contributed by atoms with E-state index in [1.54, 1.807) is 18.2 Å². The van der Waals surface area contributed by atoms with Crippen LogP contribution < -0.4 is 15.4 Å². The molecule has 1 fully saturated rings. The number of hydrogen-bond donors (Lipinski definition) is 2. The van der Waals surface area contributed by atoms with Crippen LogP contribution in [0.2, 0.25) is 0 Å². The molecule has 21 heavy (non-hydrogen) atoms. The van der Waals surface area contributed by atoms with Crippen LogP contribution in [0.4, 0.5) is 5.69 Å². The zero-order valence-electron chi connectivity index (χ0n) is 11.7. The number of anilines is 1. The van der Waals surface area contributed by atoms with Crippen LogP contribution in [0.3, 0.4) is 0 Å². The van der Waals surface area contributed by atoms with E-state index in [0.717, 1.165) is 13.1 Å². The molecule has 0 unspecified atom stereocenters. The predicted octanol–water partition coefficient (Wildman–Crippen LogP) is 0.873. The van der Waals surface area contributed by atoms with Crippen molar-refractivity contribution in [3.8, 4) is 5.75 Å². The Hall–Kier alpha value is -1.79. The molecule has 1 atom stereocenters. The van der Waals surface area contributed by atoms with Crippen LogP contribution in [-0.4, -0.2) is 49.0 Å². The first-order valence-electron chi connectivity index (χ1n) is 6.73. The first-order chi connectivity index (χ1) is 9.65. The lowest BCUT2D eigenvalue weighted by Gasteiger charge is -2.34. The SMILES string of the molecule is C[C@H]1CNCCN1C(=O)c1ccc2c(c1)NC(=O)CO2.Cl. The van der Waals surface area contributed by atoms with Crippen LogP contribution >= 0.6 is 12.4 Å². The maximum absolute atomic E-state index is 12.5. The highest BCUT2D eigenvalue weighted by atomic mass is 35.5. The second kappa shape index (κ2) is 6.32. The van der Waals surface area contributed by atoms with Gasteiger partial charge in [-0.05, 0) is 25.1 Å². The maximum Gasteiger partial charge on any atom is 0.262 e. The zero-order valence-corrected chi connectivity index (χ0v) is 12.5. The van der Waals surface area contributed by atoms with Crippen molar-refractivity contribution < 1.29 is 14.3 Å². The van der Waals surface area contributed by atoms with Gasteiger partial charge >= 0.3 is 0 Å². The summed E-state index contributed by atoms with van der Waals surface area (Å²) < 4.78 is 5.29. The van der Waals surface area contributed by atoms with Gasteiger partial charge < -0.3 is 20.3 Å². The number of nitrogens with one attached hydrogen (secondary N) is 2. The summed E-state index contributed by atoms with van der Waals surface area (Å²) in [6.45, 7) is 4.35. The first-order valence-corrected chi connectivity index (χ1v) is 6.73. The van der Waals surface area contributed by atoms with E-state index in [0.29, 0.717) is 23.5 Å². The molecule has 0 bridgehead atoms. The molecular formula is C14H18ClN3O3. The van der Waals surface area contributed by atoms with Crippen molar-refractivity contribution in [3.05, 3.63) is 23.8 Å². The molecule has 114 valence electrons. The Kier molecular flexibility index (Phi) is 4.69. The van der Waals surface area contributed by atoms with E-state index < -0.39 is 0 Å². The molecule has 2 N–H and O–H groups in total. The monoisotopic (exact) mass is 311 g/mol. The fourth-order valence-electron chi connectivity index (χ4n) is 2.52. The minimum Gasteiger partial charge on any atom is -0.482 e. The van der Waals surface area contributed by atoms with E-state index >= 15 is 0 Å². The van der Waals surface area contributed by atoms with Crippen LogP contribution in [0, 0.1) is 0 Å². The van der Waals surface area contributed by atoms with E-state index in [2.05, 4.69) is 10.6 Å². The number of carbonyl (C=O) groups excluding carboxylic acids is 2. The van der Waals surface area contributed by atoms with Crippen LogP contribution in [-0.2, 0) is 4.79 Å². The number of hydrogen-bond acceptors (Lipinski definition) is 4. The van der Waals surface area contributed by atoms with E-state index in [1.807, 2.05) is 11.8 Å². The van der Waals surface area contributed by atoms with Gasteiger partial charge in [-0.2, -0.15) is 0 Å². The summed E-state index contributed by atoms with van der Waals surface area (Å²) in [5.74, 6) is 0.397. The topological polar surface area (TPSA) is 70.7 Å². The third kappa shape index (κ3) is 3.11. The summed E-state index contributed by atoms with van der Waals surface area (Å²) in [4.78, 5) is 25.7. The Morgan fingerprint density at radius 2 is 2.24 bits per heavy atom. The second-order valence-electron chi connectivity index (χ2n) is 5.10. The van der Waals surface area contributed by atoms with Gasteiger partial charge in [0.15, 0.2) is 6.61 Å². The number of fused-ring (bicyclic) bond motifs is 1. The number of amides is 2. The molecule has 2 amide bonds. The summed E-state index contributed by atoms with van der Waals surface area (Å²) in [6.07, 6.45) is 0. The lowest BCUT2D eigenvalue weighted by Crippen LogP contribution is -2.52. The Labute approximate surface area is 129 Å². The van der Waals surface area contributed by atoms with Crippen molar-refractivity contribution in [1.29, 1.82) is 0 Å². The second-order valence-corrected chi connectivity index (χ2v) is 5.10. The van der Waals surface area contributed by atoms with Gasteiger partial charge in [0.25, 0.3) is 11.8 Å². The highest BCUT2D eigenvalue weighted by molar-refractivity contribution is 6.00. The van der Waals surface area contributed by atoms with Crippen LogP contribution in [0.1, 0.15) is 17.3 Å². The summed E-state index contributed by atoms with van der Waals surface area (Å²) in [6, 6.07) is 5.32. The summed E-state index contributed by atoms with van der Waals surface area (Å²) in [7, 11) is 0. The Morgan fingerprint density at radius 3 is 3.00 bits per heavy atom. The van der Waals surface area contributed by atoms with Gasteiger partial charge in [0.05, 0.1) is 5.69 Å². The average Bonchev–Trinajstić information content (AvgIpc) is 2.46. The molecule has 2 aliphatic rings. The third-order valence-electron chi connectivity index (χ3n) is 3.62. The molecular weight excluding hydrogens is 294 g/mol. The zero-order chi connectivity index (χ0) is 14.1. The molecule has 6 nitrogen and oxygen atoms in total. The Balaban J connectivity index is 0.00000161. The van der Waals surface area contributed by atoms with E-state index in [9.17, 15) is 9.59 Å². The highest BCUT2D eigenvalue weighted by Gasteiger charge is 2.25. The maximum atomic E-state index is 12.5. The van der Waals surface area contributed by atoms with E-state index in [1.165, 1.54) is 0 Å². The van der Waals surface area contributed by atoms with Gasteiger partial charge in [-0.15, -0.1) is 12.4 Å². The van der Waals surface area contributed by atoms with Crippen molar-refractivity contribution in [1.82, 2.24) is 10.2 Å². The van der Waals surface area contributed by atoms with Crippen molar-refractivity contribution in [2.24, 2.45) is 0 Å². The van der Waals surface area contributed by atoms with E-state index in [4.69, 9.17) is 4.74 Å². The smallest absolute Gasteiger partial charge is 0.262 e. The van der Waals surface area contributed by atoms with Gasteiger partial charge in [-0.1, -0.05) is 0 Å². The molecule has 1 saturated heterocycles. The standard InChI is InChI=1S/C14H17N3O3.ClH/c1-9-7-15-4-5-17(9)14(19)10-2-3-12-11(6-10)16-13(18)8-20-12;/h2-3,6,9,15H,4-5,7-8H2,1H3,(H,16,18);1H/t9-;/m0./s1. The van der Waals surface area contributed by atoms with Crippen molar-refractivity contribution in [3.63, 3.8) is 0 Å². The molecule has 0 radical (unpaired) electrons. The number of rotatable bonds is 1. The summed E-state index contributed by atoms with van der Waals surface area (Å²) in [5, 5.41) is 5.98. The van der Waals surface area contributed by atoms with Gasteiger partial charge in [-0.25, -0.2) is 0 Å². The van der Waals surface area contributed by atoms with Crippen LogP contribution in [0.25, 0.3) is 0 Å². The molecule has 1 aromatic rings. The quantitative estimate of drug-likeness (QED) is 0.807. The number of carbonyl (C=O) groups is 2. The predicted molar refractivity (Wildman–Crippen MR) is 81.2 cm³/mol. The summed E-state index contributed by atoms with van der Waals surface area (Å²) in [5.41, 5.74) is 1.14. The van der Waals surface area contributed by atoms with Gasteiger partial charge in [-0.3, -0.25) is 9.59 Å². The molecule has 0 saturated carbocycles. The van der Waals surface area contributed by atoms with Crippen molar-refractivity contribution >= 4 is 29.9 Å². The fraction of sp³-hybridized carbons (Fsp3) is 0.429. The van der Waals surface area contributed by atoms with E-state index in [-0.39, 0.29) is 36.9 Å². The lowest BCUT2D eigenvalue weighted by molar-refractivity contribution is -0.118. The minimum atomic E-state index is -0.197. The number of halogens is 1. The molecule has 2 aliphatic heterocycles. The molecule has 0 aromatic heterocycles. The Bertz CT molecular complexity index is 564. The molecule has 1 aromatic carbocycles. The third-order valence-corrected chi connectivity index (χ3v) is 3.62. The Morgan fingerprint density at radius 1 is 1.43 bits per heavy atom. The first kappa shape index (κ1) is 15.6. The molecule has 2 heterocycles. The average molecular weight is 312 g/mol. The molecule has 7 heteroatoms. The number of nitrogens with zero attached hydrogens (tertiary/aromatic N) is 1. The number of ether oxygens (including phenoxy) is 1. The van der Waals surface area contributed by atoms with Gasteiger partial charge in [0, 0.05) is 31.2 Å². The molecule has 0 aliphatic carbocycles. The molecule has 0 spiro atoms. The van der Waals surface area contributed by atoms with Crippen LogP contribution in [0.15, 0.2) is 18.2 Å². The van der Waals surface area contributed by atoms with Gasteiger partial charge in [0.1, 0.15) is 5.75 Å².